The number of hydrogen-bond donors (Lipinski definition) is 4. The van der Waals surface area contributed by atoms with Crippen molar-refractivity contribution in [3.05, 3.63) is 0 Å². The van der Waals surface area contributed by atoms with E-state index in [-0.39, 0.29) is 60.6 Å². The Kier molecular flexibility index (Phi) is 12.2. The molecule has 13 heteroatoms. The third kappa shape index (κ3) is 7.70. The number of rotatable bonds is 11. The fourth-order valence-corrected chi connectivity index (χ4v) is 10.1. The molecular formula is C38H65NO12. The highest BCUT2D eigenvalue weighted by Crippen LogP contribution is 2.55. The van der Waals surface area contributed by atoms with Gasteiger partial charge < -0.3 is 53.8 Å². The van der Waals surface area contributed by atoms with E-state index >= 15 is 0 Å². The molecule has 17 unspecified atom stereocenters. The molecular weight excluding hydrogens is 662 g/mol. The van der Waals surface area contributed by atoms with Crippen LogP contribution in [-0.2, 0) is 38.0 Å². The monoisotopic (exact) mass is 727 g/mol. The molecule has 5 saturated heterocycles. The minimum absolute atomic E-state index is 0.125. The second-order valence-electron chi connectivity index (χ2n) is 17.0. The summed E-state index contributed by atoms with van der Waals surface area (Å²) >= 11 is 0. The van der Waals surface area contributed by atoms with Gasteiger partial charge in [0.1, 0.15) is 6.61 Å². The number of aliphatic carboxylic acids is 1. The van der Waals surface area contributed by atoms with Crippen molar-refractivity contribution < 1.29 is 58.1 Å². The predicted molar refractivity (Wildman–Crippen MR) is 186 cm³/mol. The SMILES string of the molecule is CCC1(C2OC(C3OC(O)(COC(=O)NC)C(C)CC3C)CC2C)CCC(C2(C)CCC3(CC(O)C(C)C(C(C)C(OC)C(C)C(=O)O)O3)O2)O1. The Hall–Kier alpha value is -1.58. The predicted octanol–water partition coefficient (Wildman–Crippen LogP) is 4.64. The number of methoxy groups -OCH3 is 1. The summed E-state index contributed by atoms with van der Waals surface area (Å²) in [6, 6.07) is 0. The van der Waals surface area contributed by atoms with Crippen LogP contribution in [0.2, 0.25) is 0 Å². The quantitative estimate of drug-likeness (QED) is 0.233. The van der Waals surface area contributed by atoms with Gasteiger partial charge in [-0.15, -0.1) is 0 Å². The minimum atomic E-state index is -1.61. The summed E-state index contributed by atoms with van der Waals surface area (Å²) in [5.74, 6) is -4.79. The largest absolute Gasteiger partial charge is 0.481 e. The van der Waals surface area contributed by atoms with Gasteiger partial charge in [0, 0.05) is 44.8 Å². The number of carbonyl (C=O) groups excluding carboxylic acids is 1. The molecule has 0 aromatic carbocycles. The lowest BCUT2D eigenvalue weighted by Crippen LogP contribution is -2.57. The van der Waals surface area contributed by atoms with E-state index in [1.807, 2.05) is 20.8 Å². The van der Waals surface area contributed by atoms with Gasteiger partial charge in [-0.1, -0.05) is 41.5 Å². The van der Waals surface area contributed by atoms with Gasteiger partial charge in [-0.3, -0.25) is 4.79 Å². The van der Waals surface area contributed by atoms with E-state index in [2.05, 4.69) is 33.0 Å². The van der Waals surface area contributed by atoms with Crippen molar-refractivity contribution in [1.29, 1.82) is 0 Å². The van der Waals surface area contributed by atoms with Crippen LogP contribution in [0.5, 0.6) is 0 Å². The fourth-order valence-electron chi connectivity index (χ4n) is 10.1. The highest BCUT2D eigenvalue weighted by Gasteiger charge is 2.62. The zero-order valence-electron chi connectivity index (χ0n) is 32.4. The molecule has 0 aliphatic carbocycles. The van der Waals surface area contributed by atoms with E-state index < -0.39 is 59.1 Å². The van der Waals surface area contributed by atoms with E-state index in [1.54, 1.807) is 6.92 Å². The van der Waals surface area contributed by atoms with Gasteiger partial charge >= 0.3 is 12.1 Å². The fraction of sp³-hybridized carbons (Fsp3) is 0.947. The molecule has 0 aromatic rings. The maximum Gasteiger partial charge on any atom is 0.407 e. The summed E-state index contributed by atoms with van der Waals surface area (Å²) in [6.45, 7) is 15.7. The maximum absolute atomic E-state index is 11.9. The zero-order valence-corrected chi connectivity index (χ0v) is 32.4. The van der Waals surface area contributed by atoms with Crippen molar-refractivity contribution in [2.24, 2.45) is 35.5 Å². The second kappa shape index (κ2) is 15.3. The molecule has 5 aliphatic heterocycles. The number of ether oxygens (including phenoxy) is 7. The molecule has 13 nitrogen and oxygen atoms in total. The van der Waals surface area contributed by atoms with Crippen molar-refractivity contribution in [1.82, 2.24) is 5.32 Å². The first-order valence-corrected chi connectivity index (χ1v) is 19.3. The molecule has 5 rings (SSSR count). The molecule has 0 bridgehead atoms. The number of carbonyl (C=O) groups is 2. The zero-order chi connectivity index (χ0) is 37.7. The molecule has 17 atom stereocenters. The van der Waals surface area contributed by atoms with E-state index in [0.29, 0.717) is 25.7 Å². The Balaban J connectivity index is 1.27. The summed E-state index contributed by atoms with van der Waals surface area (Å²) in [7, 11) is 2.99. The average molecular weight is 728 g/mol. The molecule has 0 aromatic heterocycles. The van der Waals surface area contributed by atoms with Crippen LogP contribution in [-0.4, -0.2) is 114 Å². The highest BCUT2D eigenvalue weighted by molar-refractivity contribution is 5.70. The Morgan fingerprint density at radius 2 is 1.73 bits per heavy atom. The average Bonchev–Trinajstić information content (AvgIpc) is 3.80. The van der Waals surface area contributed by atoms with Crippen LogP contribution in [0.4, 0.5) is 4.79 Å². The molecule has 51 heavy (non-hydrogen) atoms. The summed E-state index contributed by atoms with van der Waals surface area (Å²) in [4.78, 5) is 23.7. The molecule has 1 spiro atoms. The van der Waals surface area contributed by atoms with Crippen molar-refractivity contribution in [2.75, 3.05) is 20.8 Å². The van der Waals surface area contributed by atoms with E-state index in [1.165, 1.54) is 14.2 Å². The van der Waals surface area contributed by atoms with Crippen molar-refractivity contribution in [3.63, 3.8) is 0 Å². The first kappa shape index (κ1) is 40.6. The number of aliphatic hydroxyl groups is 2. The number of aliphatic hydroxyl groups excluding tert-OH is 1. The van der Waals surface area contributed by atoms with Gasteiger partial charge in [0.2, 0.25) is 5.79 Å². The van der Waals surface area contributed by atoms with E-state index in [9.17, 15) is 24.9 Å². The lowest BCUT2D eigenvalue weighted by atomic mass is 9.78. The number of alkyl carbamates (subject to hydrolysis) is 1. The Morgan fingerprint density at radius 1 is 1.02 bits per heavy atom. The molecule has 5 fully saturated rings. The van der Waals surface area contributed by atoms with Gasteiger partial charge in [-0.25, -0.2) is 4.79 Å². The third-order valence-electron chi connectivity index (χ3n) is 13.4. The van der Waals surface area contributed by atoms with Gasteiger partial charge in [-0.2, -0.15) is 0 Å². The lowest BCUT2D eigenvalue weighted by molar-refractivity contribution is -0.336. The van der Waals surface area contributed by atoms with Crippen LogP contribution in [0, 0.1) is 35.5 Å². The number of carboxylic acids is 1. The molecule has 5 aliphatic rings. The first-order chi connectivity index (χ1) is 23.9. The van der Waals surface area contributed by atoms with Crippen molar-refractivity contribution in [2.45, 2.75) is 172 Å². The summed E-state index contributed by atoms with van der Waals surface area (Å²) in [5.41, 5.74) is -1.21. The Bertz CT molecular complexity index is 1240. The van der Waals surface area contributed by atoms with Crippen molar-refractivity contribution in [3.8, 4) is 0 Å². The van der Waals surface area contributed by atoms with E-state index in [4.69, 9.17) is 33.2 Å². The van der Waals surface area contributed by atoms with Crippen LogP contribution in [0.25, 0.3) is 0 Å². The number of amides is 1. The number of hydrogen-bond acceptors (Lipinski definition) is 11. The molecule has 4 N–H and O–H groups in total. The van der Waals surface area contributed by atoms with Gasteiger partial charge in [-0.05, 0) is 64.2 Å². The van der Waals surface area contributed by atoms with Gasteiger partial charge in [0.05, 0.1) is 59.8 Å². The van der Waals surface area contributed by atoms with Gasteiger partial charge in [0.15, 0.2) is 5.79 Å². The molecule has 5 heterocycles. The first-order valence-electron chi connectivity index (χ1n) is 19.3. The Morgan fingerprint density at radius 3 is 2.35 bits per heavy atom. The van der Waals surface area contributed by atoms with Gasteiger partial charge in [0.25, 0.3) is 0 Å². The number of carboxylic acid groups (broad SMARTS) is 1. The normalized spacial score (nSPS) is 47.6. The molecule has 0 saturated carbocycles. The van der Waals surface area contributed by atoms with Crippen LogP contribution in [0.1, 0.15) is 107 Å². The van der Waals surface area contributed by atoms with Crippen LogP contribution >= 0.6 is 0 Å². The highest BCUT2D eigenvalue weighted by atomic mass is 16.7. The summed E-state index contributed by atoms with van der Waals surface area (Å²) in [5, 5.41) is 34.9. The second-order valence-corrected chi connectivity index (χ2v) is 17.0. The topological polar surface area (TPSA) is 171 Å². The summed E-state index contributed by atoms with van der Waals surface area (Å²) < 4.78 is 45.0. The minimum Gasteiger partial charge on any atom is -0.481 e. The van der Waals surface area contributed by atoms with Crippen LogP contribution in [0.15, 0.2) is 0 Å². The standard InChI is InChI=1S/C38H65NO12/c1-11-36(32-21(3)17-27(47-32)29-20(2)16-22(4)38(44,50-29)19-46-34(43)39-9)13-12-28(48-36)35(8)14-15-37(51-35)18-26(40)23(5)31(49-37)24(6)30(45-10)25(7)33(41)42/h20-32,40,44H,11-19H2,1-10H3,(H,39,43)(H,41,42). The molecule has 0 radical (unpaired) electrons. The van der Waals surface area contributed by atoms with Crippen LogP contribution < -0.4 is 5.32 Å². The molecule has 294 valence electrons. The van der Waals surface area contributed by atoms with Crippen LogP contribution in [0.3, 0.4) is 0 Å². The van der Waals surface area contributed by atoms with E-state index in [0.717, 1.165) is 25.7 Å². The maximum atomic E-state index is 11.9. The third-order valence-corrected chi connectivity index (χ3v) is 13.4. The molecule has 1 amide bonds. The number of nitrogens with one attached hydrogen (secondary N) is 1. The lowest BCUT2D eigenvalue weighted by Gasteiger charge is -2.49. The Labute approximate surface area is 303 Å². The van der Waals surface area contributed by atoms with Crippen molar-refractivity contribution >= 4 is 12.1 Å². The summed E-state index contributed by atoms with van der Waals surface area (Å²) in [6.07, 6.45) is 1.96. The smallest absolute Gasteiger partial charge is 0.407 e.